The van der Waals surface area contributed by atoms with E-state index >= 15 is 4.39 Å². The Balaban J connectivity index is 1.92. The van der Waals surface area contributed by atoms with Gasteiger partial charge in [-0.3, -0.25) is 19.7 Å². The number of hydrogen-bond donors (Lipinski definition) is 4. The Labute approximate surface area is 268 Å². The molecule has 3 amide bonds. The van der Waals surface area contributed by atoms with Crippen LogP contribution in [0.15, 0.2) is 59.5 Å². The van der Waals surface area contributed by atoms with E-state index in [0.29, 0.717) is 0 Å². The Bertz CT molecular complexity index is 1840. The zero-order valence-corrected chi connectivity index (χ0v) is 26.3. The van der Waals surface area contributed by atoms with Crippen LogP contribution < -0.4 is 21.1 Å². The molecule has 4 rings (SSSR count). The summed E-state index contributed by atoms with van der Waals surface area (Å²) in [5.41, 5.74) is 4.99. The number of aliphatic carboxylic acids is 1. The first kappa shape index (κ1) is 34.6. The van der Waals surface area contributed by atoms with Gasteiger partial charge in [-0.05, 0) is 66.1 Å². The Morgan fingerprint density at radius 1 is 1.04 bits per heavy atom. The van der Waals surface area contributed by atoms with Crippen LogP contribution in [0.2, 0.25) is 0 Å². The number of carboxylic acid groups (broad SMARTS) is 1. The summed E-state index contributed by atoms with van der Waals surface area (Å²) in [5.74, 6) is -6.62. The molecule has 250 valence electrons. The number of halogens is 2. The molecule has 1 aliphatic heterocycles. The summed E-state index contributed by atoms with van der Waals surface area (Å²) < 4.78 is 65.7. The number of nitrogens with one attached hydrogen (secondary N) is 2. The summed E-state index contributed by atoms with van der Waals surface area (Å²) in [5, 5.41) is 15.4. The van der Waals surface area contributed by atoms with Gasteiger partial charge in [-0.1, -0.05) is 13.0 Å². The summed E-state index contributed by atoms with van der Waals surface area (Å²) in [6, 6.07) is 7.42. The average Bonchev–Trinajstić information content (AvgIpc) is 3.50. The fraction of sp³-hybridized carbons (Fsp3) is 0.290. The van der Waals surface area contributed by atoms with Crippen LogP contribution in [0.3, 0.4) is 0 Å². The van der Waals surface area contributed by atoms with Gasteiger partial charge in [-0.2, -0.15) is 0 Å². The van der Waals surface area contributed by atoms with E-state index in [-0.39, 0.29) is 57.4 Å². The zero-order chi connectivity index (χ0) is 34.6. The number of methoxy groups -OCH3 is 2. The lowest BCUT2D eigenvalue weighted by molar-refractivity contribution is -0.143. The van der Waals surface area contributed by atoms with Crippen molar-refractivity contribution in [1.82, 2.24) is 4.90 Å². The first-order valence-electron chi connectivity index (χ1n) is 14.2. The second kappa shape index (κ2) is 14.0. The van der Waals surface area contributed by atoms with Crippen LogP contribution >= 0.6 is 0 Å². The number of ether oxygens (including phenoxy) is 2. The van der Waals surface area contributed by atoms with Crippen molar-refractivity contribution in [1.29, 1.82) is 0 Å². The molecule has 0 bridgehead atoms. The van der Waals surface area contributed by atoms with Crippen LogP contribution in [-0.4, -0.2) is 68.8 Å². The van der Waals surface area contributed by atoms with Crippen LogP contribution in [0.25, 0.3) is 0 Å². The molecule has 13 nitrogen and oxygen atoms in total. The number of nitrogens with two attached hydrogens (primary N) is 1. The number of carbonyl (C=O) groups is 4. The number of primary amides is 1. The number of amides is 3. The number of benzene rings is 3. The highest BCUT2D eigenvalue weighted by atomic mass is 32.2. The predicted molar refractivity (Wildman–Crippen MR) is 165 cm³/mol. The molecule has 1 heterocycles. The van der Waals surface area contributed by atoms with Gasteiger partial charge in [0.25, 0.3) is 0 Å². The number of likely N-dealkylation sites (tertiary alicyclic amines) is 1. The average molecular weight is 675 g/mol. The van der Waals surface area contributed by atoms with Crippen LogP contribution in [0, 0.1) is 17.6 Å². The lowest BCUT2D eigenvalue weighted by Crippen LogP contribution is -2.40. The van der Waals surface area contributed by atoms with Crippen molar-refractivity contribution in [3.05, 3.63) is 82.9 Å². The van der Waals surface area contributed by atoms with E-state index in [4.69, 9.17) is 10.5 Å². The summed E-state index contributed by atoms with van der Waals surface area (Å²) in [6.45, 7) is 1.21. The minimum atomic E-state index is -4.01. The molecule has 1 fully saturated rings. The molecule has 0 aliphatic carbocycles. The minimum absolute atomic E-state index is 0.0635. The topological polar surface area (TPSA) is 194 Å². The van der Waals surface area contributed by atoms with E-state index < -0.39 is 63.4 Å². The largest absolute Gasteiger partial charge is 0.494 e. The number of rotatable bonds is 11. The van der Waals surface area contributed by atoms with E-state index in [2.05, 4.69) is 15.4 Å². The summed E-state index contributed by atoms with van der Waals surface area (Å²) >= 11 is 0. The van der Waals surface area contributed by atoms with Crippen molar-refractivity contribution in [2.75, 3.05) is 37.2 Å². The summed E-state index contributed by atoms with van der Waals surface area (Å²) in [6.07, 6.45) is -0.984. The first-order valence-corrected chi connectivity index (χ1v) is 15.8. The molecular weight excluding hydrogens is 642 g/mol. The lowest BCUT2D eigenvalue weighted by Gasteiger charge is -2.33. The standard InChI is InChI=1S/C31H32F2N4O9S/c1-4-47(43,44)25-10-7-18(35-31(42)46-3)15-20(25)27-19(30(40)41)11-12-37(27)29(39)26(16-5-9-22(33)24(14-16)45-2)36-23-13-17(28(34)38)6-8-21(23)32/h5-10,13-15,19,26-27,36H,4,11-12H2,1-3H3,(H2,34,38)(H,35,42)(H,40,41)/t19-,26?,27-/m0/s1. The van der Waals surface area contributed by atoms with Crippen LogP contribution in [-0.2, 0) is 24.2 Å². The van der Waals surface area contributed by atoms with E-state index in [1.807, 2.05) is 0 Å². The van der Waals surface area contributed by atoms with Crippen molar-refractivity contribution >= 4 is 45.1 Å². The van der Waals surface area contributed by atoms with Crippen molar-refractivity contribution in [2.24, 2.45) is 11.7 Å². The van der Waals surface area contributed by atoms with E-state index in [9.17, 15) is 37.1 Å². The molecule has 5 N–H and O–H groups in total. The van der Waals surface area contributed by atoms with Gasteiger partial charge >= 0.3 is 12.1 Å². The maximum absolute atomic E-state index is 15.1. The highest BCUT2D eigenvalue weighted by Gasteiger charge is 2.46. The minimum Gasteiger partial charge on any atom is -0.494 e. The SMILES string of the molecule is CCS(=O)(=O)c1ccc(NC(=O)OC)cc1[C@@H]1[C@@H](C(=O)O)CCN1C(=O)C(Nc1cc(C(N)=O)ccc1F)c1ccc(F)c(OC)c1. The van der Waals surface area contributed by atoms with Gasteiger partial charge in [0.15, 0.2) is 21.4 Å². The maximum atomic E-state index is 15.1. The zero-order valence-electron chi connectivity index (χ0n) is 25.5. The number of nitrogens with zero attached hydrogens (tertiary/aromatic N) is 1. The van der Waals surface area contributed by atoms with Gasteiger partial charge in [-0.15, -0.1) is 0 Å². The molecule has 3 atom stereocenters. The van der Waals surface area contributed by atoms with Gasteiger partial charge in [-0.25, -0.2) is 22.0 Å². The molecule has 47 heavy (non-hydrogen) atoms. The fourth-order valence-electron chi connectivity index (χ4n) is 5.40. The predicted octanol–water partition coefficient (Wildman–Crippen LogP) is 3.87. The Kier molecular flexibility index (Phi) is 10.3. The maximum Gasteiger partial charge on any atom is 0.411 e. The number of hydrogen-bond acceptors (Lipinski definition) is 9. The van der Waals surface area contributed by atoms with Gasteiger partial charge in [0.1, 0.15) is 11.9 Å². The van der Waals surface area contributed by atoms with Crippen molar-refractivity contribution in [2.45, 2.75) is 30.3 Å². The van der Waals surface area contributed by atoms with Crippen LogP contribution in [0.4, 0.5) is 25.0 Å². The molecule has 1 aliphatic rings. The third kappa shape index (κ3) is 7.27. The number of carbonyl (C=O) groups excluding carboxylic acids is 3. The summed E-state index contributed by atoms with van der Waals surface area (Å²) in [4.78, 5) is 51.8. The third-order valence-electron chi connectivity index (χ3n) is 7.78. The summed E-state index contributed by atoms with van der Waals surface area (Å²) in [7, 11) is -1.70. The highest BCUT2D eigenvalue weighted by Crippen LogP contribution is 2.43. The van der Waals surface area contributed by atoms with Crippen molar-refractivity contribution in [3.63, 3.8) is 0 Å². The second-order valence-corrected chi connectivity index (χ2v) is 12.8. The van der Waals surface area contributed by atoms with Gasteiger partial charge in [0.2, 0.25) is 11.8 Å². The fourth-order valence-corrected chi connectivity index (χ4v) is 6.53. The van der Waals surface area contributed by atoms with Crippen molar-refractivity contribution in [3.8, 4) is 5.75 Å². The molecule has 16 heteroatoms. The van der Waals surface area contributed by atoms with Gasteiger partial charge < -0.3 is 30.5 Å². The Morgan fingerprint density at radius 3 is 2.36 bits per heavy atom. The Morgan fingerprint density at radius 2 is 1.74 bits per heavy atom. The van der Waals surface area contributed by atoms with Crippen LogP contribution in [0.5, 0.6) is 5.75 Å². The monoisotopic (exact) mass is 674 g/mol. The molecule has 3 aromatic carbocycles. The molecular formula is C31H32F2N4O9S. The van der Waals surface area contributed by atoms with E-state index in [0.717, 1.165) is 36.3 Å². The molecule has 0 saturated carbocycles. The highest BCUT2D eigenvalue weighted by molar-refractivity contribution is 7.91. The van der Waals surface area contributed by atoms with E-state index in [1.165, 1.54) is 44.4 Å². The molecule has 0 spiro atoms. The molecule has 1 saturated heterocycles. The van der Waals surface area contributed by atoms with Gasteiger partial charge in [0, 0.05) is 17.8 Å². The number of carboxylic acids is 1. The lowest BCUT2D eigenvalue weighted by atomic mass is 9.92. The third-order valence-corrected chi connectivity index (χ3v) is 9.58. The molecule has 1 unspecified atom stereocenters. The quantitative estimate of drug-likeness (QED) is 0.232. The van der Waals surface area contributed by atoms with Crippen molar-refractivity contribution < 1.29 is 51.0 Å². The second-order valence-electron chi connectivity index (χ2n) is 10.5. The molecule has 0 radical (unpaired) electrons. The molecule has 0 aromatic heterocycles. The van der Waals surface area contributed by atoms with E-state index in [1.54, 1.807) is 0 Å². The first-order chi connectivity index (χ1) is 22.2. The number of anilines is 2. The normalized spacial score (nSPS) is 16.7. The number of sulfone groups is 1. The van der Waals surface area contributed by atoms with Gasteiger partial charge in [0.05, 0.1) is 42.5 Å². The Hall–Kier alpha value is -5.25. The smallest absolute Gasteiger partial charge is 0.411 e. The van der Waals surface area contributed by atoms with Crippen LogP contribution in [0.1, 0.15) is 46.9 Å². The molecule has 3 aromatic rings.